The summed E-state index contributed by atoms with van der Waals surface area (Å²) in [6.07, 6.45) is -3.36. The van der Waals surface area contributed by atoms with Crippen LogP contribution in [-0.4, -0.2) is 29.6 Å². The first-order valence-corrected chi connectivity index (χ1v) is 7.37. The van der Waals surface area contributed by atoms with Crippen LogP contribution < -0.4 is 5.32 Å². The van der Waals surface area contributed by atoms with E-state index in [-0.39, 0.29) is 11.6 Å². The van der Waals surface area contributed by atoms with Crippen molar-refractivity contribution in [2.24, 2.45) is 0 Å². The number of nitrogens with one attached hydrogen (secondary N) is 1. The van der Waals surface area contributed by atoms with Gasteiger partial charge >= 0.3 is 6.18 Å². The van der Waals surface area contributed by atoms with Gasteiger partial charge in [-0.05, 0) is 31.9 Å². The van der Waals surface area contributed by atoms with Gasteiger partial charge in [0, 0.05) is 31.2 Å². The molecule has 0 spiro atoms. The van der Waals surface area contributed by atoms with Crippen molar-refractivity contribution < 1.29 is 13.2 Å². The average molecular weight is 300 g/mol. The summed E-state index contributed by atoms with van der Waals surface area (Å²) in [7, 11) is 0. The molecule has 0 bridgehead atoms. The highest BCUT2D eigenvalue weighted by Gasteiger charge is 2.36. The lowest BCUT2D eigenvalue weighted by atomic mass is 9.96. The van der Waals surface area contributed by atoms with Gasteiger partial charge in [0.15, 0.2) is 0 Å². The lowest BCUT2D eigenvalue weighted by molar-refractivity contribution is -0.138. The lowest BCUT2D eigenvalue weighted by Gasteiger charge is -2.44. The van der Waals surface area contributed by atoms with E-state index in [0.717, 1.165) is 19.5 Å². The van der Waals surface area contributed by atoms with Crippen LogP contribution in [0.15, 0.2) is 24.3 Å². The molecular formula is C16H23F3N2. The number of alkyl halides is 3. The second-order valence-corrected chi connectivity index (χ2v) is 6.39. The summed E-state index contributed by atoms with van der Waals surface area (Å²) in [6, 6.07) is 6.16. The molecule has 0 aromatic heterocycles. The van der Waals surface area contributed by atoms with Gasteiger partial charge in [0.05, 0.1) is 5.56 Å². The van der Waals surface area contributed by atoms with E-state index < -0.39 is 11.7 Å². The quantitative estimate of drug-likeness (QED) is 0.916. The number of hydrogen-bond acceptors (Lipinski definition) is 2. The molecule has 5 heteroatoms. The molecule has 21 heavy (non-hydrogen) atoms. The molecule has 0 amide bonds. The van der Waals surface area contributed by atoms with E-state index in [2.05, 4.69) is 31.0 Å². The predicted octanol–water partition coefficient (Wildman–Crippen LogP) is 3.67. The molecule has 1 saturated heterocycles. The van der Waals surface area contributed by atoms with Crippen LogP contribution in [-0.2, 0) is 12.7 Å². The van der Waals surface area contributed by atoms with Crippen molar-refractivity contribution in [2.45, 2.75) is 51.5 Å². The Hall–Kier alpha value is -1.07. The van der Waals surface area contributed by atoms with E-state index in [1.807, 2.05) is 0 Å². The molecule has 2 rings (SSSR count). The van der Waals surface area contributed by atoms with E-state index >= 15 is 0 Å². The van der Waals surface area contributed by atoms with Gasteiger partial charge < -0.3 is 5.32 Å². The second-order valence-electron chi connectivity index (χ2n) is 6.39. The summed E-state index contributed by atoms with van der Waals surface area (Å²) in [6.45, 7) is 8.16. The summed E-state index contributed by atoms with van der Waals surface area (Å²) in [4.78, 5) is 2.17. The van der Waals surface area contributed by atoms with Gasteiger partial charge in [-0.1, -0.05) is 25.1 Å². The van der Waals surface area contributed by atoms with Gasteiger partial charge in [-0.3, -0.25) is 4.90 Å². The van der Waals surface area contributed by atoms with Gasteiger partial charge in [0.2, 0.25) is 0 Å². The Morgan fingerprint density at radius 1 is 1.29 bits per heavy atom. The van der Waals surface area contributed by atoms with Crippen LogP contribution in [0.4, 0.5) is 13.2 Å². The van der Waals surface area contributed by atoms with E-state index in [0.29, 0.717) is 12.1 Å². The van der Waals surface area contributed by atoms with Crippen LogP contribution in [0.25, 0.3) is 0 Å². The van der Waals surface area contributed by atoms with Crippen molar-refractivity contribution in [2.75, 3.05) is 13.1 Å². The Labute approximate surface area is 124 Å². The molecule has 1 heterocycles. The smallest absolute Gasteiger partial charge is 0.309 e. The Kier molecular flexibility index (Phi) is 4.63. The summed E-state index contributed by atoms with van der Waals surface area (Å²) in [5.41, 5.74) is -0.226. The Morgan fingerprint density at radius 2 is 1.95 bits per heavy atom. The predicted molar refractivity (Wildman–Crippen MR) is 78.0 cm³/mol. The lowest BCUT2D eigenvalue weighted by Crippen LogP contribution is -2.61. The topological polar surface area (TPSA) is 15.3 Å². The third-order valence-electron chi connectivity index (χ3n) is 4.10. The molecule has 1 aromatic rings. The molecular weight excluding hydrogens is 277 g/mol. The standard InChI is InChI=1S/C16H23F3N2/c1-4-13-9-20-15(2,3)11-21(13)10-12-7-5-6-8-14(12)16(17,18)19/h5-8,13,20H,4,9-11H2,1-3H3. The molecule has 1 fully saturated rings. The first-order chi connectivity index (χ1) is 9.73. The highest BCUT2D eigenvalue weighted by Crippen LogP contribution is 2.33. The minimum Gasteiger partial charge on any atom is -0.309 e. The molecule has 118 valence electrons. The largest absolute Gasteiger partial charge is 0.416 e. The first kappa shape index (κ1) is 16.3. The van der Waals surface area contributed by atoms with Crippen molar-refractivity contribution in [3.8, 4) is 0 Å². The van der Waals surface area contributed by atoms with Crippen molar-refractivity contribution >= 4 is 0 Å². The zero-order chi connectivity index (χ0) is 15.7. The van der Waals surface area contributed by atoms with Crippen LogP contribution in [0.3, 0.4) is 0 Å². The number of rotatable bonds is 3. The van der Waals surface area contributed by atoms with E-state index in [1.54, 1.807) is 12.1 Å². The summed E-state index contributed by atoms with van der Waals surface area (Å²) >= 11 is 0. The van der Waals surface area contributed by atoms with Gasteiger partial charge in [-0.15, -0.1) is 0 Å². The maximum atomic E-state index is 13.1. The van der Waals surface area contributed by atoms with Crippen LogP contribution in [0.5, 0.6) is 0 Å². The minimum absolute atomic E-state index is 0.0706. The molecule has 1 aliphatic rings. The molecule has 0 saturated carbocycles. The zero-order valence-electron chi connectivity index (χ0n) is 12.8. The molecule has 0 aliphatic carbocycles. The first-order valence-electron chi connectivity index (χ1n) is 7.37. The molecule has 1 unspecified atom stereocenters. The van der Waals surface area contributed by atoms with Crippen LogP contribution in [0, 0.1) is 0 Å². The fraction of sp³-hybridized carbons (Fsp3) is 0.625. The molecule has 1 N–H and O–H groups in total. The van der Waals surface area contributed by atoms with Crippen LogP contribution in [0.2, 0.25) is 0 Å². The van der Waals surface area contributed by atoms with Crippen molar-refractivity contribution in [1.82, 2.24) is 10.2 Å². The summed E-state index contributed by atoms with van der Waals surface area (Å²) in [5.74, 6) is 0. The summed E-state index contributed by atoms with van der Waals surface area (Å²) < 4.78 is 39.3. The van der Waals surface area contributed by atoms with Gasteiger partial charge in [-0.2, -0.15) is 13.2 Å². The Bertz CT molecular complexity index is 483. The van der Waals surface area contributed by atoms with Crippen LogP contribution in [0.1, 0.15) is 38.3 Å². The van der Waals surface area contributed by atoms with E-state index in [9.17, 15) is 13.2 Å². The normalized spacial score (nSPS) is 23.2. The monoisotopic (exact) mass is 300 g/mol. The Balaban J connectivity index is 2.24. The molecule has 2 nitrogen and oxygen atoms in total. The molecule has 1 atom stereocenters. The summed E-state index contributed by atoms with van der Waals surface area (Å²) in [5, 5.41) is 3.46. The van der Waals surface area contributed by atoms with Crippen LogP contribution >= 0.6 is 0 Å². The number of halogens is 3. The van der Waals surface area contributed by atoms with Crippen molar-refractivity contribution in [3.05, 3.63) is 35.4 Å². The highest BCUT2D eigenvalue weighted by atomic mass is 19.4. The maximum Gasteiger partial charge on any atom is 0.416 e. The second kappa shape index (κ2) is 5.97. The fourth-order valence-electron chi connectivity index (χ4n) is 2.96. The van der Waals surface area contributed by atoms with E-state index in [4.69, 9.17) is 0 Å². The fourth-order valence-corrected chi connectivity index (χ4v) is 2.96. The van der Waals surface area contributed by atoms with E-state index in [1.165, 1.54) is 12.1 Å². The average Bonchev–Trinajstić information content (AvgIpc) is 2.37. The molecule has 0 radical (unpaired) electrons. The number of nitrogens with zero attached hydrogens (tertiary/aromatic N) is 1. The minimum atomic E-state index is -4.29. The molecule has 1 aliphatic heterocycles. The number of piperazine rings is 1. The maximum absolute atomic E-state index is 13.1. The third kappa shape index (κ3) is 3.98. The van der Waals surface area contributed by atoms with Crippen molar-refractivity contribution in [1.29, 1.82) is 0 Å². The third-order valence-corrected chi connectivity index (χ3v) is 4.10. The number of benzene rings is 1. The van der Waals surface area contributed by atoms with Gasteiger partial charge in [0.1, 0.15) is 0 Å². The zero-order valence-corrected chi connectivity index (χ0v) is 12.8. The van der Waals surface area contributed by atoms with Gasteiger partial charge in [-0.25, -0.2) is 0 Å². The highest BCUT2D eigenvalue weighted by molar-refractivity contribution is 5.29. The number of hydrogen-bond donors (Lipinski definition) is 1. The Morgan fingerprint density at radius 3 is 2.57 bits per heavy atom. The van der Waals surface area contributed by atoms with Gasteiger partial charge in [0.25, 0.3) is 0 Å². The molecule has 1 aromatic carbocycles. The van der Waals surface area contributed by atoms with Crippen molar-refractivity contribution in [3.63, 3.8) is 0 Å². The SMILES string of the molecule is CCC1CNC(C)(C)CN1Cc1ccccc1C(F)(F)F.